The van der Waals surface area contributed by atoms with Gasteiger partial charge in [0.1, 0.15) is 5.82 Å². The minimum absolute atomic E-state index is 0.107. The van der Waals surface area contributed by atoms with Gasteiger partial charge in [0.05, 0.1) is 6.61 Å². The van der Waals surface area contributed by atoms with Crippen LogP contribution in [0, 0.1) is 5.82 Å². The van der Waals surface area contributed by atoms with Crippen molar-refractivity contribution in [2.75, 3.05) is 0 Å². The molecule has 0 saturated heterocycles. The van der Waals surface area contributed by atoms with Crippen molar-refractivity contribution in [3.63, 3.8) is 0 Å². The predicted molar refractivity (Wildman–Crippen MR) is 54.8 cm³/mol. The summed E-state index contributed by atoms with van der Waals surface area (Å²) in [6, 6.07) is 5.20. The van der Waals surface area contributed by atoms with E-state index in [-0.39, 0.29) is 17.0 Å². The van der Waals surface area contributed by atoms with Crippen LogP contribution >= 0.6 is 0 Å². The van der Waals surface area contributed by atoms with Crippen LogP contribution < -0.4 is 0 Å². The van der Waals surface area contributed by atoms with Gasteiger partial charge in [0, 0.05) is 17.2 Å². The van der Waals surface area contributed by atoms with E-state index in [1.165, 1.54) is 24.3 Å². The van der Waals surface area contributed by atoms with Gasteiger partial charge >= 0.3 is 5.97 Å². The summed E-state index contributed by atoms with van der Waals surface area (Å²) in [4.78, 5) is 10.6. The van der Waals surface area contributed by atoms with E-state index >= 15 is 0 Å². The molecule has 1 heterocycles. The lowest BCUT2D eigenvalue weighted by molar-refractivity contribution is 0.0686. The van der Waals surface area contributed by atoms with Gasteiger partial charge in [0.15, 0.2) is 11.5 Å². The van der Waals surface area contributed by atoms with E-state index < -0.39 is 18.4 Å². The van der Waals surface area contributed by atoms with Crippen LogP contribution in [0.25, 0.3) is 11.3 Å². The fourth-order valence-electron chi connectivity index (χ4n) is 1.36. The number of aliphatic hydroxyl groups excluding tert-OH is 1. The first-order chi connectivity index (χ1) is 8.11. The highest BCUT2D eigenvalue weighted by Gasteiger charge is 2.13. The van der Waals surface area contributed by atoms with E-state index in [4.69, 9.17) is 14.7 Å². The number of carbonyl (C=O) groups is 1. The number of carboxylic acid groups (broad SMARTS) is 1. The summed E-state index contributed by atoms with van der Waals surface area (Å²) in [6.45, 7) is -0.445. The molecular formula is C11H8FNO4. The van der Waals surface area contributed by atoms with Crippen LogP contribution in [0.3, 0.4) is 0 Å². The highest BCUT2D eigenvalue weighted by molar-refractivity contribution is 5.86. The molecule has 0 aliphatic carbocycles. The highest BCUT2D eigenvalue weighted by Crippen LogP contribution is 2.23. The van der Waals surface area contributed by atoms with Crippen LogP contribution in [0.15, 0.2) is 28.8 Å². The first-order valence-corrected chi connectivity index (χ1v) is 4.71. The molecule has 5 nitrogen and oxygen atoms in total. The Balaban J connectivity index is 2.42. The minimum Gasteiger partial charge on any atom is -0.476 e. The first kappa shape index (κ1) is 11.3. The summed E-state index contributed by atoms with van der Waals surface area (Å²) in [7, 11) is 0. The monoisotopic (exact) mass is 237 g/mol. The summed E-state index contributed by atoms with van der Waals surface area (Å²) in [5, 5.41) is 20.9. The molecular weight excluding hydrogens is 229 g/mol. The second-order valence-electron chi connectivity index (χ2n) is 3.35. The van der Waals surface area contributed by atoms with Crippen molar-refractivity contribution in [3.05, 3.63) is 41.3 Å². The van der Waals surface area contributed by atoms with Crippen LogP contribution in [-0.2, 0) is 6.61 Å². The number of aromatic nitrogens is 1. The highest BCUT2D eigenvalue weighted by atomic mass is 19.1. The zero-order chi connectivity index (χ0) is 12.4. The van der Waals surface area contributed by atoms with E-state index in [9.17, 15) is 9.18 Å². The van der Waals surface area contributed by atoms with Gasteiger partial charge < -0.3 is 14.7 Å². The van der Waals surface area contributed by atoms with Crippen molar-refractivity contribution < 1.29 is 23.9 Å². The lowest BCUT2D eigenvalue weighted by atomic mass is 10.1. The summed E-state index contributed by atoms with van der Waals surface area (Å²) >= 11 is 0. The van der Waals surface area contributed by atoms with Crippen LogP contribution in [-0.4, -0.2) is 21.3 Å². The molecule has 1 aromatic carbocycles. The van der Waals surface area contributed by atoms with Gasteiger partial charge in [-0.05, 0) is 18.2 Å². The molecule has 0 bridgehead atoms. The Kier molecular flexibility index (Phi) is 2.88. The van der Waals surface area contributed by atoms with Crippen molar-refractivity contribution in [1.82, 2.24) is 5.16 Å². The Labute approximate surface area is 95.1 Å². The molecule has 0 amide bonds. The Morgan fingerprint density at radius 3 is 2.76 bits per heavy atom. The number of halogens is 1. The third kappa shape index (κ3) is 2.16. The molecule has 0 saturated carbocycles. The fourth-order valence-corrected chi connectivity index (χ4v) is 1.36. The average Bonchev–Trinajstić information content (AvgIpc) is 2.79. The van der Waals surface area contributed by atoms with Crippen molar-refractivity contribution in [2.24, 2.45) is 0 Å². The largest absolute Gasteiger partial charge is 0.476 e. The Morgan fingerprint density at radius 1 is 1.41 bits per heavy atom. The topological polar surface area (TPSA) is 83.6 Å². The van der Waals surface area contributed by atoms with Gasteiger partial charge in [0.25, 0.3) is 0 Å². The quantitative estimate of drug-likeness (QED) is 0.848. The molecule has 0 radical (unpaired) electrons. The third-order valence-electron chi connectivity index (χ3n) is 2.23. The number of nitrogens with zero attached hydrogens (tertiary/aromatic N) is 1. The van der Waals surface area contributed by atoms with Gasteiger partial charge in [-0.3, -0.25) is 0 Å². The molecule has 0 aliphatic heterocycles. The van der Waals surface area contributed by atoms with Gasteiger partial charge in [-0.25, -0.2) is 9.18 Å². The zero-order valence-corrected chi connectivity index (χ0v) is 8.55. The van der Waals surface area contributed by atoms with Crippen molar-refractivity contribution in [3.8, 4) is 11.3 Å². The average molecular weight is 237 g/mol. The number of hydrogen-bond acceptors (Lipinski definition) is 4. The molecule has 0 atom stereocenters. The lowest BCUT2D eigenvalue weighted by Gasteiger charge is -2.00. The van der Waals surface area contributed by atoms with E-state index in [1.807, 2.05) is 0 Å². The Morgan fingerprint density at radius 2 is 2.18 bits per heavy atom. The molecule has 2 rings (SSSR count). The van der Waals surface area contributed by atoms with Crippen molar-refractivity contribution in [1.29, 1.82) is 0 Å². The molecule has 6 heteroatoms. The van der Waals surface area contributed by atoms with Crippen molar-refractivity contribution >= 4 is 5.97 Å². The number of aliphatic hydroxyl groups is 1. The van der Waals surface area contributed by atoms with Crippen LogP contribution in [0.5, 0.6) is 0 Å². The van der Waals surface area contributed by atoms with Crippen LogP contribution in [0.1, 0.15) is 16.1 Å². The van der Waals surface area contributed by atoms with Gasteiger partial charge in [-0.2, -0.15) is 0 Å². The third-order valence-corrected chi connectivity index (χ3v) is 2.23. The predicted octanol–water partition coefficient (Wildman–Crippen LogP) is 1.67. The molecule has 0 fully saturated rings. The SMILES string of the molecule is O=C(O)c1cc(-c2ccc(F)c(CO)c2)on1. The van der Waals surface area contributed by atoms with Gasteiger partial charge in [0.2, 0.25) is 0 Å². The number of rotatable bonds is 3. The number of benzene rings is 1. The molecule has 1 aromatic heterocycles. The van der Waals surface area contributed by atoms with E-state index in [0.717, 1.165) is 0 Å². The fraction of sp³-hybridized carbons (Fsp3) is 0.0909. The standard InChI is InChI=1S/C11H8FNO4/c12-8-2-1-6(3-7(8)5-14)10-4-9(11(15)16)13-17-10/h1-4,14H,5H2,(H,15,16). The van der Waals surface area contributed by atoms with Crippen molar-refractivity contribution in [2.45, 2.75) is 6.61 Å². The molecule has 0 spiro atoms. The maximum atomic E-state index is 13.1. The van der Waals surface area contributed by atoms with Crippen LogP contribution in [0.2, 0.25) is 0 Å². The second kappa shape index (κ2) is 4.34. The summed E-state index contributed by atoms with van der Waals surface area (Å²) in [5.74, 6) is -1.53. The van der Waals surface area contributed by atoms with Gasteiger partial charge in [-0.1, -0.05) is 5.16 Å². The number of hydrogen-bond donors (Lipinski definition) is 2. The normalized spacial score (nSPS) is 10.5. The van der Waals surface area contributed by atoms with E-state index in [2.05, 4.69) is 5.16 Å². The molecule has 2 aromatic rings. The molecule has 88 valence electrons. The molecule has 0 unspecified atom stereocenters. The summed E-state index contributed by atoms with van der Waals surface area (Å²) in [5.41, 5.74) is 0.334. The molecule has 2 N–H and O–H groups in total. The van der Waals surface area contributed by atoms with E-state index in [0.29, 0.717) is 5.56 Å². The van der Waals surface area contributed by atoms with E-state index in [1.54, 1.807) is 0 Å². The Hall–Kier alpha value is -2.21. The molecule has 0 aliphatic rings. The van der Waals surface area contributed by atoms with Gasteiger partial charge in [-0.15, -0.1) is 0 Å². The minimum atomic E-state index is -1.20. The smallest absolute Gasteiger partial charge is 0.358 e. The zero-order valence-electron chi connectivity index (χ0n) is 8.55. The lowest BCUT2D eigenvalue weighted by Crippen LogP contribution is -1.94. The summed E-state index contributed by atoms with van der Waals surface area (Å²) < 4.78 is 17.9. The summed E-state index contributed by atoms with van der Waals surface area (Å²) in [6.07, 6.45) is 0. The van der Waals surface area contributed by atoms with Crippen LogP contribution in [0.4, 0.5) is 4.39 Å². The Bertz CT molecular complexity index is 564. The second-order valence-corrected chi connectivity index (χ2v) is 3.35. The first-order valence-electron chi connectivity index (χ1n) is 4.71. The number of aromatic carboxylic acids is 1. The molecule has 17 heavy (non-hydrogen) atoms. The maximum absolute atomic E-state index is 13.1. The number of carboxylic acids is 1. The maximum Gasteiger partial charge on any atom is 0.358 e.